The maximum absolute atomic E-state index is 10.8. The van der Waals surface area contributed by atoms with Crippen LogP contribution in [0.2, 0.25) is 0 Å². The minimum absolute atomic E-state index is 0.00664. The second-order valence-electron chi connectivity index (χ2n) is 4.09. The first-order chi connectivity index (χ1) is 9.60. The summed E-state index contributed by atoms with van der Waals surface area (Å²) in [5.41, 5.74) is 1.36. The number of nitrogens with one attached hydrogen (secondary N) is 1. The summed E-state index contributed by atoms with van der Waals surface area (Å²) in [7, 11) is 1.52. The zero-order valence-corrected chi connectivity index (χ0v) is 11.2. The minimum Gasteiger partial charge on any atom is -0.495 e. The third-order valence-electron chi connectivity index (χ3n) is 2.69. The second-order valence-corrected chi connectivity index (χ2v) is 4.09. The van der Waals surface area contributed by atoms with Crippen LogP contribution in [-0.2, 0) is 6.54 Å². The molecular weight excluding hydrogens is 260 g/mol. The van der Waals surface area contributed by atoms with Crippen LogP contribution >= 0.6 is 0 Å². The molecule has 7 heteroatoms. The number of nitro benzene ring substituents is 1. The molecule has 20 heavy (non-hydrogen) atoms. The first-order valence-corrected chi connectivity index (χ1v) is 5.95. The second kappa shape index (κ2) is 5.96. The molecule has 0 bridgehead atoms. The fraction of sp³-hybridized carbons (Fsp3) is 0.231. The number of benzene rings is 1. The Morgan fingerprint density at radius 3 is 2.85 bits per heavy atom. The fourth-order valence-corrected chi connectivity index (χ4v) is 1.74. The van der Waals surface area contributed by atoms with Gasteiger partial charge in [-0.15, -0.1) is 0 Å². The molecule has 0 fully saturated rings. The number of hydrogen-bond donors (Lipinski definition) is 1. The van der Waals surface area contributed by atoms with E-state index in [0.29, 0.717) is 23.8 Å². The van der Waals surface area contributed by atoms with E-state index in [9.17, 15) is 10.1 Å². The van der Waals surface area contributed by atoms with Crippen LogP contribution in [-0.4, -0.2) is 22.0 Å². The average Bonchev–Trinajstić information content (AvgIpc) is 2.44. The summed E-state index contributed by atoms with van der Waals surface area (Å²) in [6, 6.07) is 6.18. The largest absolute Gasteiger partial charge is 0.495 e. The zero-order chi connectivity index (χ0) is 14.5. The molecule has 0 spiro atoms. The third-order valence-corrected chi connectivity index (χ3v) is 2.69. The molecule has 0 aliphatic heterocycles. The van der Waals surface area contributed by atoms with Crippen LogP contribution in [0.1, 0.15) is 11.5 Å². The van der Waals surface area contributed by atoms with Gasteiger partial charge in [-0.2, -0.15) is 0 Å². The zero-order valence-electron chi connectivity index (χ0n) is 11.2. The van der Waals surface area contributed by atoms with Crippen molar-refractivity contribution in [2.75, 3.05) is 12.4 Å². The Labute approximate surface area is 115 Å². The van der Waals surface area contributed by atoms with Crippen LogP contribution in [0.25, 0.3) is 0 Å². The van der Waals surface area contributed by atoms with E-state index >= 15 is 0 Å². The molecule has 1 aromatic carbocycles. The number of nitro groups is 1. The molecule has 0 aliphatic rings. The molecule has 0 aliphatic carbocycles. The van der Waals surface area contributed by atoms with Crippen LogP contribution < -0.4 is 10.1 Å². The summed E-state index contributed by atoms with van der Waals surface area (Å²) in [5, 5.41) is 13.9. The summed E-state index contributed by atoms with van der Waals surface area (Å²) in [6.07, 6.45) is 1.67. The van der Waals surface area contributed by atoms with Gasteiger partial charge in [-0.05, 0) is 19.1 Å². The highest BCUT2D eigenvalue weighted by Crippen LogP contribution is 2.29. The Morgan fingerprint density at radius 1 is 1.40 bits per heavy atom. The normalized spacial score (nSPS) is 10.1. The first-order valence-electron chi connectivity index (χ1n) is 5.95. The maximum atomic E-state index is 10.8. The van der Waals surface area contributed by atoms with Crippen LogP contribution in [0.15, 0.2) is 30.5 Å². The quantitative estimate of drug-likeness (QED) is 0.664. The van der Waals surface area contributed by atoms with Gasteiger partial charge in [0.2, 0.25) is 0 Å². The number of nitrogens with zero attached hydrogens (tertiary/aromatic N) is 3. The van der Waals surface area contributed by atoms with Crippen molar-refractivity contribution in [2.45, 2.75) is 13.5 Å². The molecule has 1 aromatic heterocycles. The van der Waals surface area contributed by atoms with E-state index in [0.717, 1.165) is 5.69 Å². The summed E-state index contributed by atoms with van der Waals surface area (Å²) in [4.78, 5) is 18.6. The van der Waals surface area contributed by atoms with Gasteiger partial charge in [-0.1, -0.05) is 0 Å². The average molecular weight is 274 g/mol. The fourth-order valence-electron chi connectivity index (χ4n) is 1.74. The van der Waals surface area contributed by atoms with Crippen LogP contribution in [0.5, 0.6) is 5.75 Å². The van der Waals surface area contributed by atoms with Gasteiger partial charge in [0.05, 0.1) is 30.0 Å². The molecule has 2 rings (SSSR count). The van der Waals surface area contributed by atoms with Crippen molar-refractivity contribution in [3.63, 3.8) is 0 Å². The number of non-ortho nitro benzene ring substituents is 1. The highest BCUT2D eigenvalue weighted by Gasteiger charge is 2.11. The van der Waals surface area contributed by atoms with Crippen molar-refractivity contribution in [1.82, 2.24) is 9.97 Å². The number of aryl methyl sites for hydroxylation is 1. The van der Waals surface area contributed by atoms with Gasteiger partial charge >= 0.3 is 0 Å². The van der Waals surface area contributed by atoms with Gasteiger partial charge < -0.3 is 10.1 Å². The molecule has 0 amide bonds. The molecule has 7 nitrogen and oxygen atoms in total. The number of rotatable bonds is 5. The van der Waals surface area contributed by atoms with Gasteiger partial charge in [-0.25, -0.2) is 9.97 Å². The third kappa shape index (κ3) is 3.19. The predicted molar refractivity (Wildman–Crippen MR) is 73.7 cm³/mol. The van der Waals surface area contributed by atoms with Crippen molar-refractivity contribution < 1.29 is 9.66 Å². The molecule has 104 valence electrons. The van der Waals surface area contributed by atoms with Crippen LogP contribution in [0, 0.1) is 17.0 Å². The van der Waals surface area contributed by atoms with Gasteiger partial charge in [-0.3, -0.25) is 10.1 Å². The lowest BCUT2D eigenvalue weighted by atomic mass is 10.2. The van der Waals surface area contributed by atoms with E-state index in [-0.39, 0.29) is 5.69 Å². The lowest BCUT2D eigenvalue weighted by Gasteiger charge is -2.10. The highest BCUT2D eigenvalue weighted by atomic mass is 16.6. The maximum Gasteiger partial charge on any atom is 0.271 e. The van der Waals surface area contributed by atoms with Crippen LogP contribution in [0.3, 0.4) is 0 Å². The molecule has 0 saturated heterocycles. The van der Waals surface area contributed by atoms with E-state index in [1.54, 1.807) is 25.3 Å². The van der Waals surface area contributed by atoms with Gasteiger partial charge in [0.25, 0.3) is 5.69 Å². The molecule has 2 aromatic rings. The Morgan fingerprint density at radius 2 is 2.20 bits per heavy atom. The summed E-state index contributed by atoms with van der Waals surface area (Å²) in [6.45, 7) is 2.23. The van der Waals surface area contributed by atoms with Gasteiger partial charge in [0.1, 0.15) is 11.6 Å². The number of methoxy groups -OCH3 is 1. The predicted octanol–water partition coefficient (Wildman–Crippen LogP) is 2.31. The lowest BCUT2D eigenvalue weighted by molar-refractivity contribution is -0.384. The van der Waals surface area contributed by atoms with Crippen molar-refractivity contribution in [2.24, 2.45) is 0 Å². The summed E-state index contributed by atoms with van der Waals surface area (Å²) >= 11 is 0. The van der Waals surface area contributed by atoms with E-state index in [1.807, 2.05) is 0 Å². The Hall–Kier alpha value is -2.70. The standard InChI is InChI=1S/C13H14N4O3/c1-9-14-6-5-10(16-9)8-15-12-7-11(17(18)19)3-4-13(12)20-2/h3-7,15H,8H2,1-2H3. The molecule has 0 atom stereocenters. The molecular formula is C13H14N4O3. The van der Waals surface area contributed by atoms with Crippen molar-refractivity contribution >= 4 is 11.4 Å². The smallest absolute Gasteiger partial charge is 0.271 e. The molecule has 0 radical (unpaired) electrons. The summed E-state index contributed by atoms with van der Waals surface area (Å²) < 4.78 is 5.17. The van der Waals surface area contributed by atoms with E-state index in [2.05, 4.69) is 15.3 Å². The molecule has 1 N–H and O–H groups in total. The van der Waals surface area contributed by atoms with E-state index in [4.69, 9.17) is 4.74 Å². The highest BCUT2D eigenvalue weighted by molar-refractivity contribution is 5.61. The molecule has 0 unspecified atom stereocenters. The minimum atomic E-state index is -0.445. The topological polar surface area (TPSA) is 90.2 Å². The number of ether oxygens (including phenoxy) is 1. The number of hydrogen-bond acceptors (Lipinski definition) is 6. The van der Waals surface area contributed by atoms with Gasteiger partial charge in [0, 0.05) is 18.3 Å². The Kier molecular flexibility index (Phi) is 4.09. The number of aromatic nitrogens is 2. The summed E-state index contributed by atoms with van der Waals surface area (Å²) in [5.74, 6) is 1.22. The Balaban J connectivity index is 2.19. The number of anilines is 1. The van der Waals surface area contributed by atoms with Crippen molar-refractivity contribution in [1.29, 1.82) is 0 Å². The Bertz CT molecular complexity index is 631. The van der Waals surface area contributed by atoms with Crippen molar-refractivity contribution in [3.05, 3.63) is 52.1 Å². The SMILES string of the molecule is COc1ccc([N+](=O)[O-])cc1NCc1ccnc(C)n1. The van der Waals surface area contributed by atoms with Gasteiger partial charge in [0.15, 0.2) is 0 Å². The van der Waals surface area contributed by atoms with E-state index in [1.165, 1.54) is 19.2 Å². The van der Waals surface area contributed by atoms with Crippen LogP contribution in [0.4, 0.5) is 11.4 Å². The molecule has 0 saturated carbocycles. The first kappa shape index (κ1) is 13.7. The monoisotopic (exact) mass is 274 g/mol. The molecule has 1 heterocycles. The van der Waals surface area contributed by atoms with Crippen molar-refractivity contribution in [3.8, 4) is 5.75 Å². The lowest BCUT2D eigenvalue weighted by Crippen LogP contribution is -2.05. The van der Waals surface area contributed by atoms with E-state index < -0.39 is 4.92 Å².